The Morgan fingerprint density at radius 3 is 2.77 bits per heavy atom. The Labute approximate surface area is 129 Å². The van der Waals surface area contributed by atoms with Gasteiger partial charge in [-0.3, -0.25) is 9.59 Å². The molecule has 2 fully saturated rings. The molecule has 1 aromatic carbocycles. The lowest BCUT2D eigenvalue weighted by atomic mass is 9.73. The molecule has 0 saturated carbocycles. The number of carbonyl (C=O) groups is 2. The maximum atomic E-state index is 13.1. The normalized spacial score (nSPS) is 31.1. The van der Waals surface area contributed by atoms with Crippen LogP contribution in [0.2, 0.25) is 0 Å². The number of hydrogen-bond donors (Lipinski definition) is 1. The fraction of sp³-hybridized carbons (Fsp3) is 0.529. The summed E-state index contributed by atoms with van der Waals surface area (Å²) in [5.41, 5.74) is 0.254. The van der Waals surface area contributed by atoms with Crippen molar-refractivity contribution in [3.8, 4) is 0 Å². The van der Waals surface area contributed by atoms with Crippen LogP contribution in [-0.2, 0) is 14.3 Å². The first-order valence-electron chi connectivity index (χ1n) is 7.78. The molecule has 2 heterocycles. The Hall–Kier alpha value is -1.88. The third kappa shape index (κ3) is 2.39. The van der Waals surface area contributed by atoms with Gasteiger partial charge in [0.15, 0.2) is 0 Å². The van der Waals surface area contributed by atoms with Gasteiger partial charge in [-0.2, -0.15) is 0 Å². The highest BCUT2D eigenvalue weighted by Crippen LogP contribution is 2.46. The number of benzene rings is 1. The lowest BCUT2D eigenvalue weighted by Crippen LogP contribution is -2.52. The van der Waals surface area contributed by atoms with Crippen molar-refractivity contribution in [1.29, 1.82) is 0 Å². The van der Waals surface area contributed by atoms with Gasteiger partial charge in [-0.15, -0.1) is 0 Å². The molecule has 2 aliphatic rings. The van der Waals surface area contributed by atoms with Crippen molar-refractivity contribution in [2.24, 2.45) is 5.41 Å². The standard InChI is InChI=1S/C17H21NO4/c1-2-17(10-15(19)20)9-8-14-18(16(17)21)13(11-22-14)12-6-4-3-5-7-12/h3-7,13-14H,2,8-11H2,1H3,(H,19,20)/t13-,14-,17-/m1/s1. The second kappa shape index (κ2) is 5.72. The van der Waals surface area contributed by atoms with Crippen molar-refractivity contribution in [3.63, 3.8) is 0 Å². The van der Waals surface area contributed by atoms with Crippen LogP contribution >= 0.6 is 0 Å². The molecule has 2 aliphatic heterocycles. The van der Waals surface area contributed by atoms with Gasteiger partial charge in [0, 0.05) is 0 Å². The molecule has 5 heteroatoms. The number of fused-ring (bicyclic) bond motifs is 1. The van der Waals surface area contributed by atoms with E-state index < -0.39 is 11.4 Å². The van der Waals surface area contributed by atoms with Gasteiger partial charge < -0.3 is 14.7 Å². The van der Waals surface area contributed by atoms with Crippen LogP contribution in [0.3, 0.4) is 0 Å². The third-order valence-corrected chi connectivity index (χ3v) is 5.00. The van der Waals surface area contributed by atoms with E-state index in [-0.39, 0.29) is 24.6 Å². The fourth-order valence-corrected chi connectivity index (χ4v) is 3.68. The van der Waals surface area contributed by atoms with Crippen molar-refractivity contribution in [2.75, 3.05) is 6.61 Å². The number of amides is 1. The number of aliphatic carboxylic acids is 1. The predicted molar refractivity (Wildman–Crippen MR) is 80.0 cm³/mol. The van der Waals surface area contributed by atoms with Gasteiger partial charge in [-0.05, 0) is 24.8 Å². The predicted octanol–water partition coefficient (Wildman–Crippen LogP) is 2.58. The van der Waals surface area contributed by atoms with E-state index in [9.17, 15) is 14.7 Å². The van der Waals surface area contributed by atoms with Gasteiger partial charge in [-0.25, -0.2) is 0 Å². The van der Waals surface area contributed by atoms with E-state index in [1.165, 1.54) is 0 Å². The molecule has 1 amide bonds. The molecule has 2 saturated heterocycles. The number of carbonyl (C=O) groups excluding carboxylic acids is 1. The van der Waals surface area contributed by atoms with E-state index in [4.69, 9.17) is 4.74 Å². The molecule has 5 nitrogen and oxygen atoms in total. The molecule has 1 aromatic rings. The summed E-state index contributed by atoms with van der Waals surface area (Å²) < 4.78 is 5.79. The molecular formula is C17H21NO4. The van der Waals surface area contributed by atoms with E-state index in [0.717, 1.165) is 5.56 Å². The summed E-state index contributed by atoms with van der Waals surface area (Å²) >= 11 is 0. The second-order valence-electron chi connectivity index (χ2n) is 6.17. The first-order chi connectivity index (χ1) is 10.6. The van der Waals surface area contributed by atoms with E-state index in [2.05, 4.69) is 0 Å². The highest BCUT2D eigenvalue weighted by atomic mass is 16.5. The molecule has 118 valence electrons. The Bertz CT molecular complexity index is 573. The zero-order chi connectivity index (χ0) is 15.7. The molecule has 1 N–H and O–H groups in total. The van der Waals surface area contributed by atoms with Crippen LogP contribution in [0.15, 0.2) is 30.3 Å². The minimum atomic E-state index is -0.912. The van der Waals surface area contributed by atoms with Gasteiger partial charge in [0.2, 0.25) is 5.91 Å². The summed E-state index contributed by atoms with van der Waals surface area (Å²) in [5.74, 6) is -0.981. The van der Waals surface area contributed by atoms with Gasteiger partial charge in [0.05, 0.1) is 24.5 Å². The van der Waals surface area contributed by atoms with E-state index in [1.54, 1.807) is 4.90 Å². The zero-order valence-electron chi connectivity index (χ0n) is 12.7. The van der Waals surface area contributed by atoms with Gasteiger partial charge in [0.1, 0.15) is 6.23 Å². The van der Waals surface area contributed by atoms with Crippen LogP contribution in [0, 0.1) is 5.41 Å². The Balaban J connectivity index is 1.92. The van der Waals surface area contributed by atoms with Crippen LogP contribution in [0.4, 0.5) is 0 Å². The maximum absolute atomic E-state index is 13.1. The highest BCUT2D eigenvalue weighted by Gasteiger charge is 2.52. The minimum Gasteiger partial charge on any atom is -0.481 e. The maximum Gasteiger partial charge on any atom is 0.304 e. The average Bonchev–Trinajstić information content (AvgIpc) is 2.95. The molecule has 0 aromatic heterocycles. The average molecular weight is 303 g/mol. The fourth-order valence-electron chi connectivity index (χ4n) is 3.68. The second-order valence-corrected chi connectivity index (χ2v) is 6.17. The van der Waals surface area contributed by atoms with Crippen molar-refractivity contribution >= 4 is 11.9 Å². The number of ether oxygens (including phenoxy) is 1. The lowest BCUT2D eigenvalue weighted by Gasteiger charge is -2.43. The van der Waals surface area contributed by atoms with Crippen LogP contribution in [0.1, 0.15) is 44.2 Å². The number of carboxylic acids is 1. The van der Waals surface area contributed by atoms with Crippen molar-refractivity contribution in [2.45, 2.75) is 44.9 Å². The van der Waals surface area contributed by atoms with Crippen LogP contribution in [-0.4, -0.2) is 34.7 Å². The minimum absolute atomic E-state index is 0.0694. The van der Waals surface area contributed by atoms with E-state index in [0.29, 0.717) is 25.9 Å². The quantitative estimate of drug-likeness (QED) is 0.928. The number of nitrogens with zero attached hydrogens (tertiary/aromatic N) is 1. The summed E-state index contributed by atoms with van der Waals surface area (Å²) in [6.07, 6.45) is 1.51. The Kier molecular flexibility index (Phi) is 3.91. The summed E-state index contributed by atoms with van der Waals surface area (Å²) in [6, 6.07) is 9.70. The lowest BCUT2D eigenvalue weighted by molar-refractivity contribution is -0.163. The monoisotopic (exact) mass is 303 g/mol. The first-order valence-corrected chi connectivity index (χ1v) is 7.78. The van der Waals surface area contributed by atoms with Gasteiger partial charge >= 0.3 is 5.97 Å². The molecule has 3 atom stereocenters. The summed E-state index contributed by atoms with van der Waals surface area (Å²) in [7, 11) is 0. The summed E-state index contributed by atoms with van der Waals surface area (Å²) in [6.45, 7) is 2.38. The number of rotatable bonds is 4. The third-order valence-electron chi connectivity index (χ3n) is 5.00. The molecule has 0 bridgehead atoms. The number of hydrogen-bond acceptors (Lipinski definition) is 3. The Morgan fingerprint density at radius 2 is 2.14 bits per heavy atom. The largest absolute Gasteiger partial charge is 0.481 e. The zero-order valence-corrected chi connectivity index (χ0v) is 12.7. The summed E-state index contributed by atoms with van der Waals surface area (Å²) in [4.78, 5) is 26.1. The van der Waals surface area contributed by atoms with Crippen LogP contribution in [0.5, 0.6) is 0 Å². The molecule has 0 radical (unpaired) electrons. The van der Waals surface area contributed by atoms with Crippen molar-refractivity contribution in [3.05, 3.63) is 35.9 Å². The van der Waals surface area contributed by atoms with E-state index in [1.807, 2.05) is 37.3 Å². The smallest absolute Gasteiger partial charge is 0.304 e. The van der Waals surface area contributed by atoms with Crippen LogP contribution < -0.4 is 0 Å². The van der Waals surface area contributed by atoms with Gasteiger partial charge in [-0.1, -0.05) is 37.3 Å². The van der Waals surface area contributed by atoms with Gasteiger partial charge in [0.25, 0.3) is 0 Å². The van der Waals surface area contributed by atoms with Crippen molar-refractivity contribution in [1.82, 2.24) is 4.90 Å². The van der Waals surface area contributed by atoms with E-state index >= 15 is 0 Å². The van der Waals surface area contributed by atoms with Crippen LogP contribution in [0.25, 0.3) is 0 Å². The molecular weight excluding hydrogens is 282 g/mol. The first kappa shape index (κ1) is 15.0. The number of carboxylic acid groups (broad SMARTS) is 1. The molecule has 0 unspecified atom stereocenters. The van der Waals surface area contributed by atoms with Crippen molar-refractivity contribution < 1.29 is 19.4 Å². The molecule has 3 rings (SSSR count). The Morgan fingerprint density at radius 1 is 1.41 bits per heavy atom. The molecule has 0 aliphatic carbocycles. The SMILES string of the molecule is CC[C@]1(CC(=O)O)CC[C@H]2OC[C@H](c3ccccc3)N2C1=O. The number of piperidine rings is 1. The molecule has 22 heavy (non-hydrogen) atoms. The molecule has 0 spiro atoms. The topological polar surface area (TPSA) is 66.8 Å². The highest BCUT2D eigenvalue weighted by molar-refractivity contribution is 5.88. The summed E-state index contributed by atoms with van der Waals surface area (Å²) in [5, 5.41) is 9.20.